The number of halogens is 2. The van der Waals surface area contributed by atoms with E-state index in [0.29, 0.717) is 22.8 Å². The summed E-state index contributed by atoms with van der Waals surface area (Å²) in [5, 5.41) is 0. The molecule has 2 aliphatic rings. The quantitative estimate of drug-likeness (QED) is 0.239. The van der Waals surface area contributed by atoms with Crippen molar-refractivity contribution < 1.29 is 23.5 Å². The van der Waals surface area contributed by atoms with Crippen LogP contribution in [-0.4, -0.2) is 59.5 Å². The van der Waals surface area contributed by atoms with Crippen LogP contribution in [-0.2, 0) is 33.7 Å². The molecule has 1 aromatic heterocycles. The lowest BCUT2D eigenvalue weighted by atomic mass is 9.92. The molecule has 0 N–H and O–H groups in total. The van der Waals surface area contributed by atoms with Crippen molar-refractivity contribution in [2.24, 2.45) is 10.4 Å². The van der Waals surface area contributed by atoms with Crippen LogP contribution in [0.25, 0.3) is 0 Å². The van der Waals surface area contributed by atoms with Crippen LogP contribution in [0.15, 0.2) is 35.3 Å². The Bertz CT molecular complexity index is 1680. The number of amides is 2. The number of carbonyl (C=O) groups is 2. The van der Waals surface area contributed by atoms with Crippen molar-refractivity contribution in [1.82, 2.24) is 8.94 Å². The Balaban J connectivity index is 0.000000217. The number of anilines is 2. The van der Waals surface area contributed by atoms with Crippen LogP contribution < -0.4 is 19.3 Å². The lowest BCUT2D eigenvalue weighted by Gasteiger charge is -2.31. The van der Waals surface area contributed by atoms with Crippen LogP contribution in [0, 0.1) is 30.5 Å². The third-order valence-corrected chi connectivity index (χ3v) is 8.62. The molecule has 9 nitrogen and oxygen atoms in total. The van der Waals surface area contributed by atoms with Crippen molar-refractivity contribution in [2.45, 2.75) is 60.0 Å². The molecular weight excluding hydrogens is 617 g/mol. The number of hydrogen-bond donors (Lipinski definition) is 0. The third-order valence-electron chi connectivity index (χ3n) is 7.61. The van der Waals surface area contributed by atoms with Gasteiger partial charge in [-0.2, -0.15) is 4.37 Å². The highest BCUT2D eigenvalue weighted by molar-refractivity contribution is 7.02. The fourth-order valence-electron chi connectivity index (χ4n) is 5.57. The molecule has 12 heteroatoms. The SMILES string of the molecule is C#CCN1C(=O)COc2cc(F)c(N=c3snc4n3CC(C)(C)C4)cc21.CCc1cccc(C)c1N(C(=O)CCl)C(C)COC. The molecule has 45 heavy (non-hydrogen) atoms. The molecule has 2 aromatic carbocycles. The molecule has 0 fully saturated rings. The predicted octanol–water partition coefficient (Wildman–Crippen LogP) is 5.42. The number of aryl methyl sites for hydroxylation is 2. The van der Waals surface area contributed by atoms with Gasteiger partial charge in [-0.3, -0.25) is 14.5 Å². The highest BCUT2D eigenvalue weighted by Gasteiger charge is 2.31. The van der Waals surface area contributed by atoms with E-state index >= 15 is 0 Å². The number of methoxy groups -OCH3 is 1. The molecule has 2 aliphatic heterocycles. The number of hydrogen-bond acceptors (Lipinski definition) is 7. The van der Waals surface area contributed by atoms with Crippen LogP contribution in [0.4, 0.5) is 21.5 Å². The molecule has 240 valence electrons. The number of fused-ring (bicyclic) bond motifs is 2. The van der Waals surface area contributed by atoms with Crippen LogP contribution in [0.1, 0.15) is 44.6 Å². The van der Waals surface area contributed by atoms with E-state index in [2.05, 4.69) is 42.1 Å². The number of ether oxygens (including phenoxy) is 2. The van der Waals surface area contributed by atoms with Crippen molar-refractivity contribution in [2.75, 3.05) is 42.5 Å². The maximum absolute atomic E-state index is 14.5. The number of nitrogens with zero attached hydrogens (tertiary/aromatic N) is 5. The molecule has 1 unspecified atom stereocenters. The molecule has 0 saturated heterocycles. The average molecular weight is 656 g/mol. The Morgan fingerprint density at radius 2 is 2.13 bits per heavy atom. The van der Waals surface area contributed by atoms with Gasteiger partial charge >= 0.3 is 0 Å². The molecule has 0 saturated carbocycles. The zero-order chi connectivity index (χ0) is 32.9. The van der Waals surface area contributed by atoms with E-state index in [1.807, 2.05) is 30.5 Å². The van der Waals surface area contributed by atoms with Gasteiger partial charge in [-0.15, -0.1) is 18.0 Å². The average Bonchev–Trinajstić information content (AvgIpc) is 3.51. The van der Waals surface area contributed by atoms with Crippen molar-refractivity contribution in [1.29, 1.82) is 0 Å². The second kappa shape index (κ2) is 14.6. The zero-order valence-corrected chi connectivity index (χ0v) is 28.1. The first-order valence-corrected chi connectivity index (χ1v) is 16.0. The number of carbonyl (C=O) groups excluding carboxylic acids is 2. The first-order valence-electron chi connectivity index (χ1n) is 14.7. The van der Waals surface area contributed by atoms with E-state index in [9.17, 15) is 14.0 Å². The van der Waals surface area contributed by atoms with Gasteiger partial charge in [-0.05, 0) is 42.9 Å². The summed E-state index contributed by atoms with van der Waals surface area (Å²) in [5.74, 6) is 2.81. The van der Waals surface area contributed by atoms with Gasteiger partial charge in [0.05, 0.1) is 30.6 Å². The Morgan fingerprint density at radius 3 is 2.80 bits per heavy atom. The summed E-state index contributed by atoms with van der Waals surface area (Å²) in [6.45, 7) is 11.6. The van der Waals surface area contributed by atoms with Crippen LogP contribution >= 0.6 is 23.1 Å². The fraction of sp³-hybridized carbons (Fsp3) is 0.455. The second-order valence-corrected chi connectivity index (χ2v) is 12.8. The number of aromatic nitrogens is 2. The summed E-state index contributed by atoms with van der Waals surface area (Å²) >= 11 is 7.00. The van der Waals surface area contributed by atoms with E-state index in [0.717, 1.165) is 42.0 Å². The number of rotatable bonds is 8. The minimum absolute atomic E-state index is 0.0223. The lowest BCUT2D eigenvalue weighted by Crippen LogP contribution is -2.43. The Morgan fingerprint density at radius 1 is 1.38 bits per heavy atom. The summed E-state index contributed by atoms with van der Waals surface area (Å²) < 4.78 is 31.5. The lowest BCUT2D eigenvalue weighted by molar-refractivity contribution is -0.121. The Hall–Kier alpha value is -3.72. The molecule has 0 spiro atoms. The topological polar surface area (TPSA) is 89.3 Å². The maximum Gasteiger partial charge on any atom is 0.265 e. The van der Waals surface area contributed by atoms with Crippen molar-refractivity contribution in [3.8, 4) is 18.1 Å². The van der Waals surface area contributed by atoms with Crippen molar-refractivity contribution in [3.05, 3.63) is 57.9 Å². The van der Waals surface area contributed by atoms with Crippen LogP contribution in [0.5, 0.6) is 5.75 Å². The number of terminal acetylenes is 1. The summed E-state index contributed by atoms with van der Waals surface area (Å²) in [6, 6.07) is 8.80. The first-order chi connectivity index (χ1) is 21.4. The zero-order valence-electron chi connectivity index (χ0n) is 26.5. The standard InChI is InChI=1S/C18H17FN4O2S.C15H22ClNO2/c1-4-5-22-13-7-12(11(19)6-14(13)25-9-16(22)24)20-17-23-10-18(2,3)8-15(23)21-26-17;1-5-13-8-6-7-11(2)15(13)17(14(18)9-16)12(3)10-19-4/h1,6-7H,5,8-10H2,2-3H3;6-8,12H,5,9-10H2,1-4H3. The summed E-state index contributed by atoms with van der Waals surface area (Å²) in [6.07, 6.45) is 7.09. The van der Waals surface area contributed by atoms with Crippen LogP contribution in [0.2, 0.25) is 0 Å². The van der Waals surface area contributed by atoms with Crippen molar-refractivity contribution in [3.63, 3.8) is 0 Å². The number of benzene rings is 2. The highest BCUT2D eigenvalue weighted by atomic mass is 35.5. The van der Waals surface area contributed by atoms with Gasteiger partial charge in [-0.1, -0.05) is 44.9 Å². The van der Waals surface area contributed by atoms with E-state index in [1.54, 1.807) is 12.0 Å². The van der Waals surface area contributed by atoms with E-state index in [4.69, 9.17) is 27.5 Å². The molecule has 0 bridgehead atoms. The summed E-state index contributed by atoms with van der Waals surface area (Å²) in [5.41, 5.74) is 3.89. The smallest absolute Gasteiger partial charge is 0.265 e. The fourth-order valence-corrected chi connectivity index (χ4v) is 6.45. The van der Waals surface area contributed by atoms with Gasteiger partial charge in [0.15, 0.2) is 12.4 Å². The molecule has 0 aliphatic carbocycles. The molecule has 1 atom stereocenters. The molecular formula is C33H39ClFN5O4S. The van der Waals surface area contributed by atoms with Gasteiger partial charge in [0.1, 0.15) is 23.1 Å². The summed E-state index contributed by atoms with van der Waals surface area (Å²) in [4.78, 5) is 32.5. The second-order valence-electron chi connectivity index (χ2n) is 11.8. The largest absolute Gasteiger partial charge is 0.481 e. The molecule has 3 heterocycles. The van der Waals surface area contributed by atoms with E-state index < -0.39 is 5.82 Å². The molecule has 0 radical (unpaired) electrons. The maximum atomic E-state index is 14.5. The monoisotopic (exact) mass is 655 g/mol. The van der Waals surface area contributed by atoms with Gasteiger partial charge in [0.25, 0.3) is 5.91 Å². The molecule has 5 rings (SSSR count). The first kappa shape index (κ1) is 34.2. The van der Waals surface area contributed by atoms with E-state index in [1.165, 1.54) is 28.6 Å². The normalized spacial score (nSPS) is 15.8. The van der Waals surface area contributed by atoms with Crippen molar-refractivity contribution >= 4 is 52.0 Å². The minimum Gasteiger partial charge on any atom is -0.481 e. The predicted molar refractivity (Wildman–Crippen MR) is 176 cm³/mol. The van der Waals surface area contributed by atoms with Gasteiger partial charge in [-0.25, -0.2) is 9.38 Å². The molecule has 3 aromatic rings. The third kappa shape index (κ3) is 7.57. The Labute approximate surface area is 272 Å². The van der Waals surface area contributed by atoms with Gasteiger partial charge in [0, 0.05) is 37.7 Å². The Kier molecular flexibility index (Phi) is 11.1. The molecule has 2 amide bonds. The van der Waals surface area contributed by atoms with Gasteiger partial charge in [0.2, 0.25) is 10.7 Å². The minimum atomic E-state index is -0.515. The summed E-state index contributed by atoms with van der Waals surface area (Å²) in [7, 11) is 1.64. The van der Waals surface area contributed by atoms with Crippen LogP contribution in [0.3, 0.4) is 0 Å². The highest BCUT2D eigenvalue weighted by Crippen LogP contribution is 2.37. The number of alkyl halides is 1. The van der Waals surface area contributed by atoms with E-state index in [-0.39, 0.29) is 48.0 Å². The number of para-hydroxylation sites is 1. The van der Waals surface area contributed by atoms with Gasteiger partial charge < -0.3 is 18.9 Å².